The lowest BCUT2D eigenvalue weighted by atomic mass is 10.1. The monoisotopic (exact) mass is 389 g/mol. The first-order valence-electron chi connectivity index (χ1n) is 8.86. The van der Waals surface area contributed by atoms with Gasteiger partial charge in [0, 0.05) is 11.8 Å². The van der Waals surface area contributed by atoms with Crippen LogP contribution in [0.2, 0.25) is 0 Å². The first-order valence-corrected chi connectivity index (χ1v) is 10.3. The Balaban J connectivity index is 1.72. The van der Waals surface area contributed by atoms with E-state index < -0.39 is 10.0 Å². The third kappa shape index (κ3) is 3.97. The molecule has 1 N–H and O–H groups in total. The van der Waals surface area contributed by atoms with Crippen molar-refractivity contribution in [2.24, 2.45) is 0 Å². The van der Waals surface area contributed by atoms with Crippen LogP contribution in [-0.2, 0) is 16.6 Å². The topological polar surface area (TPSA) is 64.0 Å². The van der Waals surface area contributed by atoms with Gasteiger partial charge in [-0.1, -0.05) is 78.9 Å². The van der Waals surface area contributed by atoms with Crippen molar-refractivity contribution in [2.45, 2.75) is 11.4 Å². The molecule has 5 nitrogen and oxygen atoms in total. The second-order valence-electron chi connectivity index (χ2n) is 6.36. The minimum atomic E-state index is -3.73. The molecule has 0 fully saturated rings. The van der Waals surface area contributed by atoms with E-state index in [1.807, 2.05) is 66.9 Å². The predicted molar refractivity (Wildman–Crippen MR) is 110 cm³/mol. The van der Waals surface area contributed by atoms with Crippen molar-refractivity contribution in [3.05, 3.63) is 103 Å². The van der Waals surface area contributed by atoms with Crippen molar-refractivity contribution >= 4 is 15.8 Å². The Bertz CT molecular complexity index is 1160. The van der Waals surface area contributed by atoms with Crippen LogP contribution in [0.4, 0.5) is 5.82 Å². The lowest BCUT2D eigenvalue weighted by molar-refractivity contribution is 0.600. The third-order valence-electron chi connectivity index (χ3n) is 4.32. The Kier molecular flexibility index (Phi) is 4.95. The maximum absolute atomic E-state index is 12.8. The molecule has 0 amide bonds. The van der Waals surface area contributed by atoms with Crippen LogP contribution in [0.1, 0.15) is 5.56 Å². The second kappa shape index (κ2) is 7.70. The molecule has 6 heteroatoms. The van der Waals surface area contributed by atoms with E-state index >= 15 is 0 Å². The number of rotatable bonds is 6. The number of hydrogen-bond acceptors (Lipinski definition) is 3. The lowest BCUT2D eigenvalue weighted by Gasteiger charge is -2.07. The summed E-state index contributed by atoms with van der Waals surface area (Å²) in [5.74, 6) is 0.311. The average molecular weight is 389 g/mol. The van der Waals surface area contributed by atoms with E-state index in [1.54, 1.807) is 35.0 Å². The molecular weight excluding hydrogens is 370 g/mol. The number of nitrogens with zero attached hydrogens (tertiary/aromatic N) is 2. The number of hydrogen-bond donors (Lipinski definition) is 1. The smallest absolute Gasteiger partial charge is 0.263 e. The highest BCUT2D eigenvalue weighted by atomic mass is 32.2. The number of benzene rings is 3. The van der Waals surface area contributed by atoms with Gasteiger partial charge in [-0.05, 0) is 23.3 Å². The van der Waals surface area contributed by atoms with Gasteiger partial charge in [0.1, 0.15) is 0 Å². The summed E-state index contributed by atoms with van der Waals surface area (Å²) in [6, 6.07) is 27.8. The van der Waals surface area contributed by atoms with Crippen molar-refractivity contribution in [3.63, 3.8) is 0 Å². The molecule has 0 saturated carbocycles. The summed E-state index contributed by atoms with van der Waals surface area (Å²) >= 11 is 0. The molecule has 0 aliphatic carbocycles. The number of aromatic nitrogens is 2. The Morgan fingerprint density at radius 2 is 1.36 bits per heavy atom. The highest BCUT2D eigenvalue weighted by molar-refractivity contribution is 7.92. The number of sulfonamides is 1. The zero-order chi connectivity index (χ0) is 19.4. The van der Waals surface area contributed by atoms with Crippen LogP contribution in [0, 0.1) is 0 Å². The number of nitrogens with one attached hydrogen (secondary N) is 1. The summed E-state index contributed by atoms with van der Waals surface area (Å²) in [4.78, 5) is 0.201. The Morgan fingerprint density at radius 1 is 0.786 bits per heavy atom. The lowest BCUT2D eigenvalue weighted by Crippen LogP contribution is -2.14. The van der Waals surface area contributed by atoms with E-state index in [0.717, 1.165) is 16.7 Å². The van der Waals surface area contributed by atoms with Gasteiger partial charge in [0.05, 0.1) is 11.4 Å². The summed E-state index contributed by atoms with van der Waals surface area (Å²) in [7, 11) is -3.73. The summed E-state index contributed by atoms with van der Waals surface area (Å²) in [5.41, 5.74) is 2.71. The van der Waals surface area contributed by atoms with Gasteiger partial charge < -0.3 is 0 Å². The van der Waals surface area contributed by atoms with Gasteiger partial charge in [-0.15, -0.1) is 0 Å². The van der Waals surface area contributed by atoms with Gasteiger partial charge in [0.15, 0.2) is 5.82 Å². The molecule has 1 aromatic heterocycles. The van der Waals surface area contributed by atoms with Crippen molar-refractivity contribution < 1.29 is 8.42 Å². The Morgan fingerprint density at radius 3 is 2.00 bits per heavy atom. The summed E-state index contributed by atoms with van der Waals surface area (Å²) < 4.78 is 30.0. The fraction of sp³-hybridized carbons (Fsp3) is 0.0455. The molecule has 0 saturated heterocycles. The van der Waals surface area contributed by atoms with Gasteiger partial charge in [0.2, 0.25) is 0 Å². The highest BCUT2D eigenvalue weighted by Crippen LogP contribution is 2.29. The van der Waals surface area contributed by atoms with E-state index in [2.05, 4.69) is 9.82 Å². The molecule has 0 atom stereocenters. The SMILES string of the molecule is O=S(=O)(Nc1nn(Cc2ccccc2)cc1-c1ccccc1)c1ccccc1. The minimum Gasteiger partial charge on any atom is -0.266 e. The molecule has 4 rings (SSSR count). The van der Waals surface area contributed by atoms with Gasteiger partial charge in [-0.25, -0.2) is 8.42 Å². The van der Waals surface area contributed by atoms with Crippen LogP contribution in [-0.4, -0.2) is 18.2 Å². The van der Waals surface area contributed by atoms with Crippen LogP contribution >= 0.6 is 0 Å². The summed E-state index contributed by atoms with van der Waals surface area (Å²) in [6.45, 7) is 0.549. The quantitative estimate of drug-likeness (QED) is 0.532. The Labute approximate surface area is 164 Å². The normalized spacial score (nSPS) is 11.3. The van der Waals surface area contributed by atoms with Crippen molar-refractivity contribution in [3.8, 4) is 11.1 Å². The van der Waals surface area contributed by atoms with Crippen LogP contribution < -0.4 is 4.72 Å². The van der Waals surface area contributed by atoms with Crippen LogP contribution in [0.15, 0.2) is 102 Å². The van der Waals surface area contributed by atoms with Crippen molar-refractivity contribution in [1.29, 1.82) is 0 Å². The van der Waals surface area contributed by atoms with Gasteiger partial charge in [-0.2, -0.15) is 5.10 Å². The zero-order valence-electron chi connectivity index (χ0n) is 15.1. The molecule has 3 aromatic carbocycles. The first kappa shape index (κ1) is 18.0. The highest BCUT2D eigenvalue weighted by Gasteiger charge is 2.19. The first-order chi connectivity index (χ1) is 13.6. The average Bonchev–Trinajstić information content (AvgIpc) is 3.11. The molecule has 0 radical (unpaired) electrons. The largest absolute Gasteiger partial charge is 0.266 e. The fourth-order valence-corrected chi connectivity index (χ4v) is 4.00. The third-order valence-corrected chi connectivity index (χ3v) is 5.67. The van der Waals surface area contributed by atoms with Crippen molar-refractivity contribution in [1.82, 2.24) is 9.78 Å². The molecule has 0 aliphatic heterocycles. The fourth-order valence-electron chi connectivity index (χ4n) is 2.96. The second-order valence-corrected chi connectivity index (χ2v) is 8.04. The predicted octanol–water partition coefficient (Wildman–Crippen LogP) is 4.40. The summed E-state index contributed by atoms with van der Waals surface area (Å²) in [6.07, 6.45) is 1.87. The van der Waals surface area contributed by atoms with E-state index in [0.29, 0.717) is 12.4 Å². The van der Waals surface area contributed by atoms with Crippen LogP contribution in [0.5, 0.6) is 0 Å². The number of anilines is 1. The maximum Gasteiger partial charge on any atom is 0.263 e. The standard InChI is InChI=1S/C22H19N3O2S/c26-28(27,20-14-8-3-9-15-20)24-22-21(19-12-6-2-7-13-19)17-25(23-22)16-18-10-4-1-5-11-18/h1-15,17H,16H2,(H,23,24). The van der Waals surface area contributed by atoms with E-state index in [9.17, 15) is 8.42 Å². The van der Waals surface area contributed by atoms with Gasteiger partial charge >= 0.3 is 0 Å². The zero-order valence-corrected chi connectivity index (χ0v) is 15.9. The summed E-state index contributed by atoms with van der Waals surface area (Å²) in [5, 5.41) is 4.52. The maximum atomic E-state index is 12.8. The van der Waals surface area contributed by atoms with Crippen LogP contribution in [0.3, 0.4) is 0 Å². The van der Waals surface area contributed by atoms with E-state index in [1.165, 1.54) is 0 Å². The molecule has 28 heavy (non-hydrogen) atoms. The molecule has 1 heterocycles. The van der Waals surface area contributed by atoms with Crippen LogP contribution in [0.25, 0.3) is 11.1 Å². The van der Waals surface area contributed by atoms with Gasteiger partial charge in [0.25, 0.3) is 10.0 Å². The molecule has 140 valence electrons. The molecule has 4 aromatic rings. The molecule has 0 bridgehead atoms. The molecule has 0 spiro atoms. The molecule has 0 unspecified atom stereocenters. The van der Waals surface area contributed by atoms with E-state index in [4.69, 9.17) is 0 Å². The van der Waals surface area contributed by atoms with Crippen molar-refractivity contribution in [2.75, 3.05) is 4.72 Å². The molecule has 0 aliphatic rings. The van der Waals surface area contributed by atoms with Gasteiger partial charge in [-0.3, -0.25) is 9.40 Å². The van der Waals surface area contributed by atoms with E-state index in [-0.39, 0.29) is 4.90 Å². The minimum absolute atomic E-state index is 0.201. The Hall–Kier alpha value is -3.38. The molecular formula is C22H19N3O2S.